The number of hydrogen-bond acceptors (Lipinski definition) is 8. The zero-order chi connectivity index (χ0) is 62.8. The average molecular weight is 1220 g/mol. The summed E-state index contributed by atoms with van der Waals surface area (Å²) in [6, 6.07) is -0.813. The molecule has 87 heavy (non-hydrogen) atoms. The molecule has 1 amide bonds. The number of allylic oxidation sites excluding steroid dienone is 13. The molecule has 0 saturated carbocycles. The van der Waals surface area contributed by atoms with Gasteiger partial charge in [0.2, 0.25) is 5.91 Å². The van der Waals surface area contributed by atoms with Crippen LogP contribution in [0.4, 0.5) is 0 Å². The standard InChI is InChI=1S/C78H141NO8/c1-3-5-7-9-11-13-15-17-19-21-23-25-27-29-31-33-35-36-38-39-41-43-45-47-49-51-53-55-57-59-61-63-65-67-72(81)71(70-86-78-77(85)76(84)75(83)73(69-80)87-78)79-74(82)68-66-64-62-60-58-56-54-52-50-48-46-44-42-40-37-34-32-30-28-26-24-22-20-18-16-14-12-10-8-6-4-2/h6,8,12,14,18,20,24,26,30,32,37,40,65,67,71-73,75-78,80-81,83-85H,3-5,7,9-11,13,15-17,19,21-23,25,27-29,31,33-36,38-39,41-64,66,68-70H2,1-2H3,(H,79,82)/b8-6-,14-12-,20-18-,26-24-,32-30-,40-37-,67-65+. The molecule has 1 fully saturated rings. The van der Waals surface area contributed by atoms with Gasteiger partial charge >= 0.3 is 0 Å². The van der Waals surface area contributed by atoms with Gasteiger partial charge in [-0.15, -0.1) is 0 Å². The number of unbranched alkanes of at least 4 members (excludes halogenated alkanes) is 43. The smallest absolute Gasteiger partial charge is 0.220 e. The number of carbonyl (C=O) groups is 1. The number of aliphatic hydroxyl groups excluding tert-OH is 5. The van der Waals surface area contributed by atoms with Gasteiger partial charge in [-0.3, -0.25) is 4.79 Å². The van der Waals surface area contributed by atoms with Crippen molar-refractivity contribution in [3.63, 3.8) is 0 Å². The van der Waals surface area contributed by atoms with Crippen LogP contribution in [-0.4, -0.2) is 87.5 Å². The van der Waals surface area contributed by atoms with Crippen molar-refractivity contribution < 1.29 is 39.8 Å². The quantitative estimate of drug-likeness (QED) is 0.0261. The molecular weight excluding hydrogens is 1080 g/mol. The second-order valence-electron chi connectivity index (χ2n) is 25.7. The summed E-state index contributed by atoms with van der Waals surface area (Å²) in [5.74, 6) is -0.177. The predicted octanol–water partition coefficient (Wildman–Crippen LogP) is 20.9. The zero-order valence-electron chi connectivity index (χ0n) is 56.8. The van der Waals surface area contributed by atoms with Crippen LogP contribution in [0.5, 0.6) is 0 Å². The lowest BCUT2D eigenvalue weighted by Gasteiger charge is -2.40. The number of ether oxygens (including phenoxy) is 2. The summed E-state index contributed by atoms with van der Waals surface area (Å²) in [4.78, 5) is 13.2. The Bertz CT molecular complexity index is 1650. The molecule has 0 aromatic heterocycles. The van der Waals surface area contributed by atoms with Crippen LogP contribution in [0.3, 0.4) is 0 Å². The Morgan fingerprint density at radius 2 is 0.713 bits per heavy atom. The summed E-state index contributed by atoms with van der Waals surface area (Å²) < 4.78 is 11.3. The van der Waals surface area contributed by atoms with Crippen molar-refractivity contribution in [3.8, 4) is 0 Å². The van der Waals surface area contributed by atoms with Crippen LogP contribution in [0.2, 0.25) is 0 Å². The number of nitrogens with one attached hydrogen (secondary N) is 1. The molecule has 0 spiro atoms. The van der Waals surface area contributed by atoms with Gasteiger partial charge in [-0.25, -0.2) is 0 Å². The van der Waals surface area contributed by atoms with E-state index in [9.17, 15) is 30.3 Å². The summed E-state index contributed by atoms with van der Waals surface area (Å²) in [7, 11) is 0. The van der Waals surface area contributed by atoms with Gasteiger partial charge in [-0.1, -0.05) is 356 Å². The third-order valence-electron chi connectivity index (χ3n) is 17.5. The first-order valence-electron chi connectivity index (χ1n) is 37.3. The fraction of sp³-hybridized carbons (Fsp3) is 0.808. The van der Waals surface area contributed by atoms with Crippen molar-refractivity contribution >= 4 is 5.91 Å². The largest absolute Gasteiger partial charge is 0.394 e. The molecule has 0 aromatic rings. The maximum atomic E-state index is 13.2. The second-order valence-corrected chi connectivity index (χ2v) is 25.7. The van der Waals surface area contributed by atoms with Crippen LogP contribution in [0.15, 0.2) is 85.1 Å². The fourth-order valence-corrected chi connectivity index (χ4v) is 11.7. The Kier molecular flexibility index (Phi) is 62.8. The lowest BCUT2D eigenvalue weighted by atomic mass is 9.99. The van der Waals surface area contributed by atoms with E-state index in [0.29, 0.717) is 6.42 Å². The van der Waals surface area contributed by atoms with Crippen LogP contribution >= 0.6 is 0 Å². The first kappa shape index (κ1) is 82.4. The SMILES string of the molecule is CC/C=C\C/C=C\C/C=C\C/C=C\C/C=C\C/C=C\CCCCCCCCCCCCCCC(=O)NC(COC1OC(CO)C(O)C(O)C1O)C(O)/C=C/CCCCCCCCCCCCCCCCCCCCCCCCCCCCCCCCC. The molecule has 6 N–H and O–H groups in total. The number of carbonyl (C=O) groups excluding carboxylic acids is 1. The summed E-state index contributed by atoms with van der Waals surface area (Å²) in [6.45, 7) is 3.71. The van der Waals surface area contributed by atoms with Gasteiger partial charge in [0.1, 0.15) is 24.4 Å². The maximum absolute atomic E-state index is 13.2. The van der Waals surface area contributed by atoms with E-state index in [0.717, 1.165) is 77.0 Å². The minimum atomic E-state index is -1.57. The summed E-state index contributed by atoms with van der Waals surface area (Å²) >= 11 is 0. The second kappa shape index (κ2) is 66.3. The van der Waals surface area contributed by atoms with Gasteiger partial charge in [0.25, 0.3) is 0 Å². The molecule has 0 aromatic carbocycles. The van der Waals surface area contributed by atoms with Gasteiger partial charge in [0.05, 0.1) is 25.4 Å². The van der Waals surface area contributed by atoms with Gasteiger partial charge in [0.15, 0.2) is 6.29 Å². The van der Waals surface area contributed by atoms with Gasteiger partial charge < -0.3 is 40.3 Å². The van der Waals surface area contributed by atoms with E-state index in [1.54, 1.807) is 6.08 Å². The van der Waals surface area contributed by atoms with E-state index in [1.165, 1.54) is 250 Å². The van der Waals surface area contributed by atoms with Crippen molar-refractivity contribution in [1.82, 2.24) is 5.32 Å². The molecule has 9 nitrogen and oxygen atoms in total. The molecular formula is C78H141NO8. The molecule has 1 aliphatic rings. The molecule has 1 rings (SSSR count). The zero-order valence-corrected chi connectivity index (χ0v) is 56.8. The van der Waals surface area contributed by atoms with E-state index >= 15 is 0 Å². The van der Waals surface area contributed by atoms with E-state index in [2.05, 4.69) is 92.1 Å². The summed E-state index contributed by atoms with van der Waals surface area (Å²) in [5.41, 5.74) is 0. The number of amides is 1. The molecule has 7 atom stereocenters. The molecule has 1 saturated heterocycles. The van der Waals surface area contributed by atoms with Gasteiger partial charge in [-0.2, -0.15) is 0 Å². The van der Waals surface area contributed by atoms with Crippen LogP contribution in [0.1, 0.15) is 348 Å². The summed E-state index contributed by atoms with van der Waals surface area (Å²) in [6.07, 6.45) is 88.4. The molecule has 0 aliphatic carbocycles. The van der Waals surface area contributed by atoms with Crippen molar-refractivity contribution in [2.75, 3.05) is 13.2 Å². The Balaban J connectivity index is 2.12. The monoisotopic (exact) mass is 1220 g/mol. The first-order chi connectivity index (χ1) is 42.8. The number of hydrogen-bond donors (Lipinski definition) is 6. The topological polar surface area (TPSA) is 149 Å². The highest BCUT2D eigenvalue weighted by Crippen LogP contribution is 2.23. The van der Waals surface area contributed by atoms with E-state index < -0.39 is 49.5 Å². The predicted molar refractivity (Wildman–Crippen MR) is 373 cm³/mol. The Hall–Kier alpha value is -2.63. The van der Waals surface area contributed by atoms with Crippen molar-refractivity contribution in [3.05, 3.63) is 85.1 Å². The van der Waals surface area contributed by atoms with Crippen LogP contribution in [0.25, 0.3) is 0 Å². The molecule has 7 unspecified atom stereocenters. The normalized spacial score (nSPS) is 18.4. The molecule has 9 heteroatoms. The maximum Gasteiger partial charge on any atom is 0.220 e. The minimum Gasteiger partial charge on any atom is -0.394 e. The van der Waals surface area contributed by atoms with E-state index in [-0.39, 0.29) is 12.5 Å². The number of rotatable bonds is 65. The Morgan fingerprint density at radius 3 is 1.06 bits per heavy atom. The van der Waals surface area contributed by atoms with Crippen molar-refractivity contribution in [1.29, 1.82) is 0 Å². The lowest BCUT2D eigenvalue weighted by Crippen LogP contribution is -2.60. The Labute approximate surface area is 537 Å². The van der Waals surface area contributed by atoms with Crippen molar-refractivity contribution in [2.24, 2.45) is 0 Å². The molecule has 0 bridgehead atoms. The Morgan fingerprint density at radius 1 is 0.402 bits per heavy atom. The molecule has 0 radical (unpaired) electrons. The fourth-order valence-electron chi connectivity index (χ4n) is 11.7. The summed E-state index contributed by atoms with van der Waals surface area (Å²) in [5, 5.41) is 54.9. The van der Waals surface area contributed by atoms with Gasteiger partial charge in [0, 0.05) is 6.42 Å². The van der Waals surface area contributed by atoms with Crippen LogP contribution in [-0.2, 0) is 14.3 Å². The molecule has 506 valence electrons. The van der Waals surface area contributed by atoms with Crippen LogP contribution < -0.4 is 5.32 Å². The lowest BCUT2D eigenvalue weighted by molar-refractivity contribution is -0.302. The number of aliphatic hydroxyl groups is 5. The molecule has 1 aliphatic heterocycles. The van der Waals surface area contributed by atoms with E-state index in [1.807, 2.05) is 6.08 Å². The first-order valence-corrected chi connectivity index (χ1v) is 37.3. The van der Waals surface area contributed by atoms with Crippen LogP contribution in [0, 0.1) is 0 Å². The highest BCUT2D eigenvalue weighted by molar-refractivity contribution is 5.76. The highest BCUT2D eigenvalue weighted by Gasteiger charge is 2.44. The third-order valence-corrected chi connectivity index (χ3v) is 17.5. The third kappa shape index (κ3) is 54.8. The van der Waals surface area contributed by atoms with Crippen molar-refractivity contribution in [2.45, 2.75) is 391 Å². The van der Waals surface area contributed by atoms with Gasteiger partial charge in [-0.05, 0) is 70.6 Å². The average Bonchev–Trinajstić information content (AvgIpc) is 3.47. The minimum absolute atomic E-state index is 0.177. The highest BCUT2D eigenvalue weighted by atomic mass is 16.7. The molecule has 1 heterocycles. The van der Waals surface area contributed by atoms with E-state index in [4.69, 9.17) is 9.47 Å².